The van der Waals surface area contributed by atoms with Crippen molar-refractivity contribution in [3.63, 3.8) is 0 Å². The highest BCUT2D eigenvalue weighted by atomic mass is 15.4. The molecular weight excluding hydrogens is 270 g/mol. The number of nitrogens with zero attached hydrogens (tertiary/aromatic N) is 3. The Labute approximate surface area is 133 Å². The van der Waals surface area contributed by atoms with E-state index in [1.165, 1.54) is 22.6 Å². The third-order valence-corrected chi connectivity index (χ3v) is 4.80. The molecule has 0 atom stereocenters. The normalized spacial score (nSPS) is 16.3. The average molecular weight is 295 g/mol. The van der Waals surface area contributed by atoms with Gasteiger partial charge >= 0.3 is 0 Å². The number of benzene rings is 1. The predicted octanol–water partition coefficient (Wildman–Crippen LogP) is 4.84. The van der Waals surface area contributed by atoms with Crippen LogP contribution in [0.1, 0.15) is 44.9 Å². The Balaban J connectivity index is 2.23. The van der Waals surface area contributed by atoms with Crippen molar-refractivity contribution >= 4 is 17.1 Å². The van der Waals surface area contributed by atoms with Gasteiger partial charge in [0.1, 0.15) is 5.66 Å². The summed E-state index contributed by atoms with van der Waals surface area (Å²) in [5.74, 6) is 0.429. The van der Waals surface area contributed by atoms with Crippen molar-refractivity contribution in [2.45, 2.75) is 46.2 Å². The van der Waals surface area contributed by atoms with E-state index in [4.69, 9.17) is 0 Å². The third-order valence-electron chi connectivity index (χ3n) is 4.80. The topological polar surface area (TPSA) is 19.4 Å². The summed E-state index contributed by atoms with van der Waals surface area (Å²) in [7, 11) is 2.15. The first-order valence-corrected chi connectivity index (χ1v) is 7.93. The molecule has 0 saturated heterocycles. The van der Waals surface area contributed by atoms with Crippen LogP contribution in [0.3, 0.4) is 0 Å². The smallest absolute Gasteiger partial charge is 0.112 e. The van der Waals surface area contributed by atoms with Crippen LogP contribution in [0.5, 0.6) is 0 Å². The van der Waals surface area contributed by atoms with Crippen molar-refractivity contribution < 1.29 is 0 Å². The van der Waals surface area contributed by atoms with Gasteiger partial charge in [-0.25, -0.2) is 0 Å². The monoisotopic (exact) mass is 295 g/mol. The number of anilines is 3. The molecule has 0 radical (unpaired) electrons. The maximum Gasteiger partial charge on any atom is 0.112 e. The molecule has 1 aromatic heterocycles. The molecule has 2 aromatic rings. The maximum absolute atomic E-state index is 4.65. The zero-order chi connectivity index (χ0) is 16.1. The fourth-order valence-corrected chi connectivity index (χ4v) is 3.18. The van der Waals surface area contributed by atoms with Gasteiger partial charge in [0.15, 0.2) is 0 Å². The summed E-state index contributed by atoms with van der Waals surface area (Å²) < 4.78 is 0. The molecule has 3 rings (SSSR count). The van der Waals surface area contributed by atoms with E-state index in [9.17, 15) is 0 Å². The van der Waals surface area contributed by atoms with E-state index >= 15 is 0 Å². The molecule has 0 amide bonds. The first-order chi connectivity index (χ1) is 10.3. The van der Waals surface area contributed by atoms with Gasteiger partial charge in [-0.15, -0.1) is 0 Å². The van der Waals surface area contributed by atoms with Gasteiger partial charge in [-0.05, 0) is 44.4 Å². The quantitative estimate of drug-likeness (QED) is 0.790. The van der Waals surface area contributed by atoms with Gasteiger partial charge in [-0.3, -0.25) is 4.98 Å². The van der Waals surface area contributed by atoms with Crippen LogP contribution in [-0.2, 0) is 0 Å². The molecule has 3 nitrogen and oxygen atoms in total. The maximum atomic E-state index is 4.65. The number of rotatable bonds is 2. The largest absolute Gasteiger partial charge is 0.349 e. The lowest BCUT2D eigenvalue weighted by Gasteiger charge is -2.39. The van der Waals surface area contributed by atoms with Crippen molar-refractivity contribution in [3.8, 4) is 0 Å². The Morgan fingerprint density at radius 3 is 2.36 bits per heavy atom. The van der Waals surface area contributed by atoms with E-state index in [0.29, 0.717) is 5.92 Å². The number of pyridine rings is 1. The van der Waals surface area contributed by atoms with Crippen LogP contribution >= 0.6 is 0 Å². The van der Waals surface area contributed by atoms with Crippen molar-refractivity contribution in [1.82, 2.24) is 4.98 Å². The summed E-state index contributed by atoms with van der Waals surface area (Å²) >= 11 is 0. The Morgan fingerprint density at radius 1 is 1.05 bits per heavy atom. The summed E-state index contributed by atoms with van der Waals surface area (Å²) in [6.07, 6.45) is 2.02. The second-order valence-corrected chi connectivity index (χ2v) is 6.93. The van der Waals surface area contributed by atoms with E-state index < -0.39 is 0 Å². The van der Waals surface area contributed by atoms with Crippen molar-refractivity contribution in [1.29, 1.82) is 0 Å². The molecule has 1 aromatic carbocycles. The lowest BCUT2D eigenvalue weighted by atomic mass is 10.1. The van der Waals surface area contributed by atoms with Crippen LogP contribution in [0.15, 0.2) is 36.5 Å². The molecule has 116 valence electrons. The Bertz CT molecular complexity index is 704. The van der Waals surface area contributed by atoms with Crippen molar-refractivity contribution in [3.05, 3.63) is 47.8 Å². The second-order valence-electron chi connectivity index (χ2n) is 6.93. The molecule has 0 fully saturated rings. The molecule has 0 aliphatic carbocycles. The number of aryl methyl sites for hydroxylation is 1. The van der Waals surface area contributed by atoms with Crippen LogP contribution in [0.25, 0.3) is 0 Å². The number of para-hydroxylation sites is 1. The average Bonchev–Trinajstić information content (AvgIpc) is 2.67. The zero-order valence-electron chi connectivity index (χ0n) is 14.4. The van der Waals surface area contributed by atoms with Gasteiger partial charge in [-0.2, -0.15) is 0 Å². The molecule has 22 heavy (non-hydrogen) atoms. The predicted molar refractivity (Wildman–Crippen MR) is 94.1 cm³/mol. The van der Waals surface area contributed by atoms with Crippen LogP contribution in [0, 0.1) is 6.92 Å². The van der Waals surface area contributed by atoms with Crippen molar-refractivity contribution in [2.75, 3.05) is 16.8 Å². The minimum absolute atomic E-state index is 0.119. The van der Waals surface area contributed by atoms with E-state index in [2.05, 4.69) is 86.8 Å². The van der Waals surface area contributed by atoms with Gasteiger partial charge in [0.2, 0.25) is 0 Å². The SMILES string of the molecule is Cc1ccccc1N1c2cc(C(C)C)ncc2N(C)C1(C)C. The summed E-state index contributed by atoms with van der Waals surface area (Å²) in [5.41, 5.74) is 6.02. The lowest BCUT2D eigenvalue weighted by Crippen LogP contribution is -2.48. The molecule has 1 aliphatic rings. The van der Waals surface area contributed by atoms with Crippen molar-refractivity contribution in [2.24, 2.45) is 0 Å². The van der Waals surface area contributed by atoms with Gasteiger partial charge in [0, 0.05) is 18.4 Å². The Kier molecular flexibility index (Phi) is 3.39. The summed E-state index contributed by atoms with van der Waals surface area (Å²) in [6.45, 7) is 11.1. The van der Waals surface area contributed by atoms with Crippen LogP contribution < -0.4 is 9.80 Å². The summed E-state index contributed by atoms with van der Waals surface area (Å²) in [6, 6.07) is 10.8. The molecule has 0 saturated carbocycles. The van der Waals surface area contributed by atoms with E-state index in [1.807, 2.05) is 6.20 Å². The first kappa shape index (κ1) is 14.9. The molecule has 1 aliphatic heterocycles. The van der Waals surface area contributed by atoms with Gasteiger partial charge in [-0.1, -0.05) is 32.0 Å². The van der Waals surface area contributed by atoms with Gasteiger partial charge in [0.05, 0.1) is 17.6 Å². The Hall–Kier alpha value is -2.03. The van der Waals surface area contributed by atoms with Crippen LogP contribution in [0.4, 0.5) is 17.1 Å². The highest BCUT2D eigenvalue weighted by Gasteiger charge is 2.42. The van der Waals surface area contributed by atoms with Crippen LogP contribution in [0.2, 0.25) is 0 Å². The molecule has 3 heteroatoms. The van der Waals surface area contributed by atoms with E-state index in [0.717, 1.165) is 5.69 Å². The first-order valence-electron chi connectivity index (χ1n) is 7.93. The number of fused-ring (bicyclic) bond motifs is 1. The minimum Gasteiger partial charge on any atom is -0.349 e. The summed E-state index contributed by atoms with van der Waals surface area (Å²) in [5, 5.41) is 0. The molecule has 0 spiro atoms. The number of aromatic nitrogens is 1. The summed E-state index contributed by atoms with van der Waals surface area (Å²) in [4.78, 5) is 9.40. The standard InChI is InChI=1S/C19H25N3/c1-13(2)15-11-17-18(12-20-15)21(6)19(4,5)22(17)16-10-8-7-9-14(16)3/h7-13H,1-6H3. The molecule has 0 bridgehead atoms. The molecule has 0 unspecified atom stereocenters. The van der Waals surface area contributed by atoms with E-state index in [-0.39, 0.29) is 5.66 Å². The van der Waals surface area contributed by atoms with Gasteiger partial charge in [0.25, 0.3) is 0 Å². The lowest BCUT2D eigenvalue weighted by molar-refractivity contribution is 0.521. The third kappa shape index (κ3) is 2.07. The second kappa shape index (κ2) is 5.01. The number of hydrogen-bond donors (Lipinski definition) is 0. The molecule has 2 heterocycles. The highest BCUT2D eigenvalue weighted by Crippen LogP contribution is 2.49. The fourth-order valence-electron chi connectivity index (χ4n) is 3.18. The molecular formula is C19H25N3. The van der Waals surface area contributed by atoms with E-state index in [1.54, 1.807) is 0 Å². The zero-order valence-corrected chi connectivity index (χ0v) is 14.4. The molecule has 0 N–H and O–H groups in total. The van der Waals surface area contributed by atoms with Gasteiger partial charge < -0.3 is 9.80 Å². The minimum atomic E-state index is -0.119. The Morgan fingerprint density at radius 2 is 1.73 bits per heavy atom. The van der Waals surface area contributed by atoms with Crippen LogP contribution in [-0.4, -0.2) is 17.7 Å². The fraction of sp³-hybridized carbons (Fsp3) is 0.421. The number of hydrogen-bond acceptors (Lipinski definition) is 3. The highest BCUT2D eigenvalue weighted by molar-refractivity contribution is 5.85.